The Morgan fingerprint density at radius 2 is 1.95 bits per heavy atom. The molecule has 0 unspecified atom stereocenters. The maximum absolute atomic E-state index is 12.1. The molecule has 3 aromatic rings. The summed E-state index contributed by atoms with van der Waals surface area (Å²) in [6.07, 6.45) is 0. The van der Waals surface area contributed by atoms with Crippen LogP contribution in [0.3, 0.4) is 0 Å². The molecule has 0 aliphatic heterocycles. The molecular weight excluding hydrogens is 276 g/mol. The molecule has 0 radical (unpaired) electrons. The number of rotatable bonds is 2. The van der Waals surface area contributed by atoms with Gasteiger partial charge in [0, 0.05) is 16.5 Å². The summed E-state index contributed by atoms with van der Waals surface area (Å²) < 4.78 is 5.34. The minimum Gasteiger partial charge on any atom is -0.422 e. The predicted octanol–water partition coefficient (Wildman–Crippen LogP) is 3.40. The molecule has 0 atom stereocenters. The molecule has 0 aliphatic carbocycles. The predicted molar refractivity (Wildman–Crippen MR) is 80.7 cm³/mol. The highest BCUT2D eigenvalue weighted by Gasteiger charge is 2.08. The van der Waals surface area contributed by atoms with Crippen molar-refractivity contribution in [1.29, 1.82) is 0 Å². The number of hydrazine groups is 1. The van der Waals surface area contributed by atoms with Crippen molar-refractivity contribution in [2.24, 2.45) is 5.84 Å². The molecule has 2 aromatic carbocycles. The highest BCUT2D eigenvalue weighted by Crippen LogP contribution is 2.24. The van der Waals surface area contributed by atoms with E-state index in [1.807, 2.05) is 18.2 Å². The Kier molecular flexibility index (Phi) is 3.18. The summed E-state index contributed by atoms with van der Waals surface area (Å²) in [7, 11) is 0. The number of fused-ring (bicyclic) bond motifs is 1. The first kappa shape index (κ1) is 12.7. The Bertz CT molecular complexity index is 843. The van der Waals surface area contributed by atoms with Gasteiger partial charge in [-0.3, -0.25) is 5.84 Å². The molecule has 4 nitrogen and oxygen atoms in total. The molecule has 0 saturated heterocycles. The second-order valence-corrected chi connectivity index (χ2v) is 4.79. The summed E-state index contributed by atoms with van der Waals surface area (Å²) in [5, 5.41) is 1.39. The van der Waals surface area contributed by atoms with E-state index in [0.717, 1.165) is 10.9 Å². The van der Waals surface area contributed by atoms with Crippen LogP contribution in [0.5, 0.6) is 0 Å². The van der Waals surface area contributed by atoms with E-state index >= 15 is 0 Å². The molecule has 5 heteroatoms. The van der Waals surface area contributed by atoms with Crippen molar-refractivity contribution in [1.82, 2.24) is 0 Å². The normalized spacial score (nSPS) is 10.7. The smallest absolute Gasteiger partial charge is 0.344 e. The average Bonchev–Trinajstić information content (AvgIpc) is 2.46. The lowest BCUT2D eigenvalue weighted by Gasteiger charge is -2.05. The van der Waals surface area contributed by atoms with Crippen LogP contribution in [0, 0.1) is 0 Å². The first-order valence-electron chi connectivity index (χ1n) is 5.98. The largest absolute Gasteiger partial charge is 0.422 e. The molecule has 3 N–H and O–H groups in total. The van der Waals surface area contributed by atoms with Gasteiger partial charge in [-0.1, -0.05) is 23.7 Å². The molecule has 0 spiro atoms. The quantitative estimate of drug-likeness (QED) is 0.430. The number of halogens is 1. The van der Waals surface area contributed by atoms with Crippen molar-refractivity contribution in [3.8, 4) is 11.1 Å². The van der Waals surface area contributed by atoms with E-state index in [9.17, 15) is 4.79 Å². The van der Waals surface area contributed by atoms with Gasteiger partial charge in [0.2, 0.25) is 0 Å². The topological polar surface area (TPSA) is 68.3 Å². The monoisotopic (exact) mass is 286 g/mol. The third kappa shape index (κ3) is 2.27. The maximum atomic E-state index is 12.1. The van der Waals surface area contributed by atoms with Crippen LogP contribution in [0.2, 0.25) is 5.02 Å². The highest BCUT2D eigenvalue weighted by atomic mass is 35.5. The third-order valence-electron chi connectivity index (χ3n) is 3.04. The van der Waals surface area contributed by atoms with E-state index in [4.69, 9.17) is 21.9 Å². The summed E-state index contributed by atoms with van der Waals surface area (Å²) in [6, 6.07) is 14.2. The van der Waals surface area contributed by atoms with Crippen LogP contribution in [0.4, 0.5) is 5.69 Å². The first-order chi connectivity index (χ1) is 9.67. The maximum Gasteiger partial charge on any atom is 0.344 e. The molecule has 1 aromatic heterocycles. The van der Waals surface area contributed by atoms with Gasteiger partial charge in [-0.2, -0.15) is 0 Å². The van der Waals surface area contributed by atoms with Gasteiger partial charge < -0.3 is 9.84 Å². The van der Waals surface area contributed by atoms with Crippen LogP contribution in [-0.2, 0) is 0 Å². The van der Waals surface area contributed by atoms with Gasteiger partial charge in [0.1, 0.15) is 5.58 Å². The zero-order valence-corrected chi connectivity index (χ0v) is 11.1. The standard InChI is InChI=1S/C15H11ClN2O2/c16-11-3-1-2-9(6-11)13-7-10-4-5-12(18-17)8-14(10)20-15(13)19/h1-8,18H,17H2. The van der Waals surface area contributed by atoms with Gasteiger partial charge in [0.05, 0.1) is 11.3 Å². The van der Waals surface area contributed by atoms with E-state index in [0.29, 0.717) is 21.9 Å². The van der Waals surface area contributed by atoms with Gasteiger partial charge in [-0.25, -0.2) is 4.79 Å². The molecule has 3 rings (SSSR count). The molecule has 0 amide bonds. The lowest BCUT2D eigenvalue weighted by atomic mass is 10.1. The Labute approximate surface area is 119 Å². The number of nitrogen functional groups attached to an aromatic ring is 1. The van der Waals surface area contributed by atoms with Crippen molar-refractivity contribution in [3.05, 3.63) is 64.0 Å². The first-order valence-corrected chi connectivity index (χ1v) is 6.35. The number of nitrogens with one attached hydrogen (secondary N) is 1. The summed E-state index contributed by atoms with van der Waals surface area (Å²) in [6.45, 7) is 0. The molecule has 0 aliphatic rings. The summed E-state index contributed by atoms with van der Waals surface area (Å²) in [4.78, 5) is 12.1. The molecule has 1 heterocycles. The lowest BCUT2D eigenvalue weighted by Crippen LogP contribution is -2.07. The number of hydrogen-bond acceptors (Lipinski definition) is 4. The fourth-order valence-electron chi connectivity index (χ4n) is 2.06. The van der Waals surface area contributed by atoms with Crippen LogP contribution in [0.15, 0.2) is 57.7 Å². The highest BCUT2D eigenvalue weighted by molar-refractivity contribution is 6.30. The van der Waals surface area contributed by atoms with Gasteiger partial charge in [0.25, 0.3) is 0 Å². The van der Waals surface area contributed by atoms with E-state index < -0.39 is 5.63 Å². The average molecular weight is 287 g/mol. The Hall–Kier alpha value is -2.30. The molecular formula is C15H11ClN2O2. The van der Waals surface area contributed by atoms with Crippen molar-refractivity contribution in [3.63, 3.8) is 0 Å². The van der Waals surface area contributed by atoms with Crippen LogP contribution in [0.25, 0.3) is 22.1 Å². The van der Waals surface area contributed by atoms with Crippen molar-refractivity contribution >= 4 is 28.3 Å². The summed E-state index contributed by atoms with van der Waals surface area (Å²) in [5.74, 6) is 5.33. The van der Waals surface area contributed by atoms with Crippen LogP contribution >= 0.6 is 11.6 Å². The van der Waals surface area contributed by atoms with Gasteiger partial charge in [-0.05, 0) is 35.9 Å². The van der Waals surface area contributed by atoms with Crippen LogP contribution in [0.1, 0.15) is 0 Å². The summed E-state index contributed by atoms with van der Waals surface area (Å²) in [5.41, 5.74) is 4.47. The van der Waals surface area contributed by atoms with Crippen molar-refractivity contribution in [2.45, 2.75) is 0 Å². The summed E-state index contributed by atoms with van der Waals surface area (Å²) >= 11 is 5.95. The van der Waals surface area contributed by atoms with Gasteiger partial charge in [-0.15, -0.1) is 0 Å². The van der Waals surface area contributed by atoms with E-state index in [1.54, 1.807) is 30.3 Å². The SMILES string of the molecule is NNc1ccc2cc(-c3cccc(Cl)c3)c(=O)oc2c1. The number of anilines is 1. The van der Waals surface area contributed by atoms with Gasteiger partial charge in [0.15, 0.2) is 0 Å². The fourth-order valence-corrected chi connectivity index (χ4v) is 2.25. The number of nitrogens with two attached hydrogens (primary N) is 1. The zero-order valence-electron chi connectivity index (χ0n) is 10.4. The molecule has 0 saturated carbocycles. The fraction of sp³-hybridized carbons (Fsp3) is 0. The molecule has 20 heavy (non-hydrogen) atoms. The van der Waals surface area contributed by atoms with Crippen LogP contribution < -0.4 is 16.9 Å². The Balaban J connectivity index is 2.23. The lowest BCUT2D eigenvalue weighted by molar-refractivity contribution is 0.563. The van der Waals surface area contributed by atoms with E-state index in [1.165, 1.54) is 0 Å². The third-order valence-corrected chi connectivity index (χ3v) is 3.27. The van der Waals surface area contributed by atoms with E-state index in [-0.39, 0.29) is 0 Å². The van der Waals surface area contributed by atoms with Gasteiger partial charge >= 0.3 is 5.63 Å². The second kappa shape index (κ2) is 5.00. The van der Waals surface area contributed by atoms with E-state index in [2.05, 4.69) is 5.43 Å². The molecule has 100 valence electrons. The van der Waals surface area contributed by atoms with Crippen LogP contribution in [-0.4, -0.2) is 0 Å². The minimum atomic E-state index is -0.408. The minimum absolute atomic E-state index is 0.408. The number of benzene rings is 2. The zero-order chi connectivity index (χ0) is 14.1. The number of hydrogen-bond donors (Lipinski definition) is 2. The Morgan fingerprint density at radius 1 is 1.10 bits per heavy atom. The van der Waals surface area contributed by atoms with Crippen molar-refractivity contribution in [2.75, 3.05) is 5.43 Å². The second-order valence-electron chi connectivity index (χ2n) is 4.35. The molecule has 0 fully saturated rings. The Morgan fingerprint density at radius 3 is 2.70 bits per heavy atom. The van der Waals surface area contributed by atoms with Crippen molar-refractivity contribution < 1.29 is 4.42 Å². The molecule has 0 bridgehead atoms.